The number of halogens is 1. The molecule has 0 amide bonds. The van der Waals surface area contributed by atoms with Crippen molar-refractivity contribution in [2.45, 2.75) is 19.9 Å². The number of nitrogens with zero attached hydrogens (tertiary/aromatic N) is 2. The average molecular weight is 274 g/mol. The second kappa shape index (κ2) is 6.34. The van der Waals surface area contributed by atoms with Gasteiger partial charge in [0.25, 0.3) is 0 Å². The van der Waals surface area contributed by atoms with Crippen LogP contribution in [0.25, 0.3) is 0 Å². The molecule has 0 spiro atoms. The standard InChI is InChI=1S/C15H16ClN3/c1-11(2)18-15(12-5-7-13(16)8-6-12)19-14-4-3-9-17-10-14/h3-11H,1-2H3,(H,18,19). The van der Waals surface area contributed by atoms with Crippen LogP contribution < -0.4 is 5.32 Å². The molecule has 2 rings (SSSR count). The summed E-state index contributed by atoms with van der Waals surface area (Å²) in [6, 6.07) is 11.7. The molecule has 0 aliphatic rings. The monoisotopic (exact) mass is 273 g/mol. The first kappa shape index (κ1) is 13.6. The predicted octanol–water partition coefficient (Wildman–Crippen LogP) is 4.00. The van der Waals surface area contributed by atoms with Crippen molar-refractivity contribution in [1.82, 2.24) is 4.98 Å². The lowest BCUT2D eigenvalue weighted by molar-refractivity contribution is 0.836. The predicted molar refractivity (Wildman–Crippen MR) is 81.0 cm³/mol. The molecule has 0 fully saturated rings. The lowest BCUT2D eigenvalue weighted by Crippen LogP contribution is -2.16. The maximum Gasteiger partial charge on any atom is 0.133 e. The molecule has 19 heavy (non-hydrogen) atoms. The number of pyridine rings is 1. The van der Waals surface area contributed by atoms with Gasteiger partial charge in [0, 0.05) is 22.8 Å². The number of rotatable bonds is 3. The number of hydrogen-bond acceptors (Lipinski definition) is 2. The van der Waals surface area contributed by atoms with E-state index < -0.39 is 0 Å². The highest BCUT2D eigenvalue weighted by atomic mass is 35.5. The van der Waals surface area contributed by atoms with Crippen LogP contribution in [-0.2, 0) is 0 Å². The van der Waals surface area contributed by atoms with Crippen molar-refractivity contribution in [3.05, 3.63) is 59.4 Å². The van der Waals surface area contributed by atoms with Gasteiger partial charge in [0.2, 0.25) is 0 Å². The Balaban J connectivity index is 2.29. The van der Waals surface area contributed by atoms with E-state index in [2.05, 4.69) is 15.3 Å². The van der Waals surface area contributed by atoms with Gasteiger partial charge in [0.15, 0.2) is 0 Å². The van der Waals surface area contributed by atoms with Crippen LogP contribution in [0.5, 0.6) is 0 Å². The summed E-state index contributed by atoms with van der Waals surface area (Å²) in [6.07, 6.45) is 3.51. The Bertz CT molecular complexity index is 547. The van der Waals surface area contributed by atoms with Gasteiger partial charge in [-0.15, -0.1) is 0 Å². The third kappa shape index (κ3) is 4.07. The second-order valence-corrected chi connectivity index (χ2v) is 4.88. The largest absolute Gasteiger partial charge is 0.339 e. The fourth-order valence-corrected chi connectivity index (χ4v) is 1.74. The van der Waals surface area contributed by atoms with Crippen molar-refractivity contribution in [3.8, 4) is 0 Å². The third-order valence-electron chi connectivity index (χ3n) is 2.43. The van der Waals surface area contributed by atoms with Gasteiger partial charge in [-0.2, -0.15) is 0 Å². The number of anilines is 1. The van der Waals surface area contributed by atoms with Crippen LogP contribution in [0.3, 0.4) is 0 Å². The summed E-state index contributed by atoms with van der Waals surface area (Å²) in [5.41, 5.74) is 1.92. The maximum absolute atomic E-state index is 5.91. The van der Waals surface area contributed by atoms with E-state index in [0.29, 0.717) is 5.02 Å². The van der Waals surface area contributed by atoms with Crippen molar-refractivity contribution in [1.29, 1.82) is 0 Å². The minimum atomic E-state index is 0.204. The van der Waals surface area contributed by atoms with E-state index in [1.165, 1.54) is 0 Å². The minimum Gasteiger partial charge on any atom is -0.339 e. The van der Waals surface area contributed by atoms with E-state index in [9.17, 15) is 0 Å². The van der Waals surface area contributed by atoms with E-state index >= 15 is 0 Å². The van der Waals surface area contributed by atoms with Gasteiger partial charge in [-0.05, 0) is 50.2 Å². The van der Waals surface area contributed by atoms with Gasteiger partial charge in [0.05, 0.1) is 11.9 Å². The molecule has 1 aromatic heterocycles. The molecular formula is C15H16ClN3. The van der Waals surface area contributed by atoms with Crippen molar-refractivity contribution < 1.29 is 0 Å². The fourth-order valence-electron chi connectivity index (χ4n) is 1.62. The minimum absolute atomic E-state index is 0.204. The van der Waals surface area contributed by atoms with Crippen molar-refractivity contribution in [3.63, 3.8) is 0 Å². The van der Waals surface area contributed by atoms with Gasteiger partial charge in [-0.3, -0.25) is 9.98 Å². The highest BCUT2D eigenvalue weighted by molar-refractivity contribution is 6.30. The number of aliphatic imine (C=N–C) groups is 1. The molecule has 0 atom stereocenters. The summed E-state index contributed by atoms with van der Waals surface area (Å²) in [5.74, 6) is 0.819. The second-order valence-electron chi connectivity index (χ2n) is 4.45. The molecule has 1 aromatic carbocycles. The summed E-state index contributed by atoms with van der Waals surface area (Å²) in [6.45, 7) is 4.09. The number of nitrogens with one attached hydrogen (secondary N) is 1. The summed E-state index contributed by atoms with van der Waals surface area (Å²) in [4.78, 5) is 8.69. The molecule has 0 unspecified atom stereocenters. The topological polar surface area (TPSA) is 37.3 Å². The van der Waals surface area contributed by atoms with E-state index in [0.717, 1.165) is 17.1 Å². The number of amidine groups is 1. The number of hydrogen-bond donors (Lipinski definition) is 1. The Hall–Kier alpha value is -1.87. The van der Waals surface area contributed by atoms with Crippen LogP contribution in [0.2, 0.25) is 5.02 Å². The zero-order valence-corrected chi connectivity index (χ0v) is 11.7. The SMILES string of the molecule is CC(C)N=C(Nc1cccnc1)c1ccc(Cl)cc1. The maximum atomic E-state index is 5.91. The molecule has 0 saturated heterocycles. The normalized spacial score (nSPS) is 11.7. The smallest absolute Gasteiger partial charge is 0.133 e. The molecule has 98 valence electrons. The molecule has 1 N–H and O–H groups in total. The Labute approximate surface area is 118 Å². The van der Waals surface area contributed by atoms with Gasteiger partial charge in [0.1, 0.15) is 5.84 Å². The van der Waals surface area contributed by atoms with E-state index in [-0.39, 0.29) is 6.04 Å². The van der Waals surface area contributed by atoms with Crippen LogP contribution in [0.4, 0.5) is 5.69 Å². The summed E-state index contributed by atoms with van der Waals surface area (Å²) in [7, 11) is 0. The zero-order chi connectivity index (χ0) is 13.7. The first-order valence-corrected chi connectivity index (χ1v) is 6.54. The first-order chi connectivity index (χ1) is 9.15. The number of aromatic nitrogens is 1. The van der Waals surface area contributed by atoms with Crippen LogP contribution in [0.1, 0.15) is 19.4 Å². The zero-order valence-electron chi connectivity index (χ0n) is 11.0. The Morgan fingerprint density at radius 3 is 2.53 bits per heavy atom. The molecule has 0 bridgehead atoms. The summed E-state index contributed by atoms with van der Waals surface area (Å²) in [5, 5.41) is 4.01. The van der Waals surface area contributed by atoms with E-state index in [1.807, 2.05) is 50.2 Å². The average Bonchev–Trinajstić information content (AvgIpc) is 2.39. The molecule has 0 aliphatic carbocycles. The van der Waals surface area contributed by atoms with Crippen molar-refractivity contribution in [2.75, 3.05) is 5.32 Å². The molecule has 2 aromatic rings. The quantitative estimate of drug-likeness (QED) is 0.678. The lowest BCUT2D eigenvalue weighted by Gasteiger charge is -2.11. The molecule has 4 heteroatoms. The van der Waals surface area contributed by atoms with Gasteiger partial charge in [-0.1, -0.05) is 11.6 Å². The van der Waals surface area contributed by atoms with Crippen LogP contribution in [0.15, 0.2) is 53.8 Å². The molecule has 1 heterocycles. The van der Waals surface area contributed by atoms with Gasteiger partial charge < -0.3 is 5.32 Å². The van der Waals surface area contributed by atoms with E-state index in [4.69, 9.17) is 11.6 Å². The summed E-state index contributed by atoms with van der Waals surface area (Å²) < 4.78 is 0. The molecule has 0 aliphatic heterocycles. The fraction of sp³-hybridized carbons (Fsp3) is 0.200. The molecule has 0 radical (unpaired) electrons. The third-order valence-corrected chi connectivity index (χ3v) is 2.68. The number of benzene rings is 1. The van der Waals surface area contributed by atoms with Crippen molar-refractivity contribution >= 4 is 23.1 Å². The Morgan fingerprint density at radius 1 is 1.21 bits per heavy atom. The highest BCUT2D eigenvalue weighted by Gasteiger charge is 2.05. The van der Waals surface area contributed by atoms with Crippen LogP contribution in [-0.4, -0.2) is 16.9 Å². The Morgan fingerprint density at radius 2 is 1.95 bits per heavy atom. The van der Waals surface area contributed by atoms with E-state index in [1.54, 1.807) is 12.4 Å². The first-order valence-electron chi connectivity index (χ1n) is 6.16. The van der Waals surface area contributed by atoms with Crippen LogP contribution >= 0.6 is 11.6 Å². The van der Waals surface area contributed by atoms with Gasteiger partial charge >= 0.3 is 0 Å². The molecule has 3 nitrogen and oxygen atoms in total. The summed E-state index contributed by atoms with van der Waals surface area (Å²) >= 11 is 5.91. The van der Waals surface area contributed by atoms with Gasteiger partial charge in [-0.25, -0.2) is 0 Å². The lowest BCUT2D eigenvalue weighted by atomic mass is 10.2. The molecular weight excluding hydrogens is 258 g/mol. The molecule has 0 saturated carbocycles. The highest BCUT2D eigenvalue weighted by Crippen LogP contribution is 2.13. The van der Waals surface area contributed by atoms with Crippen molar-refractivity contribution in [2.24, 2.45) is 4.99 Å². The van der Waals surface area contributed by atoms with Crippen LogP contribution in [0, 0.1) is 0 Å². The Kier molecular flexibility index (Phi) is 4.53.